The first-order valence-electron chi connectivity index (χ1n) is 2.98. The molecular formula is C5H3F7O2. The zero-order chi connectivity index (χ0) is 11.6. The molecule has 2 nitrogen and oxygen atoms in total. The van der Waals surface area contributed by atoms with Gasteiger partial charge < -0.3 is 4.79 Å². The van der Waals surface area contributed by atoms with Crippen molar-refractivity contribution in [3.63, 3.8) is 0 Å². The van der Waals surface area contributed by atoms with Gasteiger partial charge in [-0.3, -0.25) is 0 Å². The van der Waals surface area contributed by atoms with Gasteiger partial charge in [0.15, 0.2) is 0 Å². The fourth-order valence-electron chi connectivity index (χ4n) is 0.506. The highest BCUT2D eigenvalue weighted by molar-refractivity contribution is 5.51. The fraction of sp³-hybridized carbons (Fsp3) is 0.800. The molecule has 0 aliphatic heterocycles. The maximum atomic E-state index is 12.5. The lowest BCUT2D eigenvalue weighted by Gasteiger charge is -2.26. The van der Waals surface area contributed by atoms with E-state index in [2.05, 4.69) is 4.74 Å². The standard InChI is InChI=1S/C5H3F7O2/c6-3(1-2-13,4(7,8)9)14-5(10,11)12/h2H,1H2/t3-/m0/s1. The Morgan fingerprint density at radius 2 is 1.43 bits per heavy atom. The molecule has 0 spiro atoms. The van der Waals surface area contributed by atoms with Crippen LogP contribution in [0.5, 0.6) is 0 Å². The summed E-state index contributed by atoms with van der Waals surface area (Å²) < 4.78 is 83.7. The molecule has 0 aromatic rings. The van der Waals surface area contributed by atoms with E-state index >= 15 is 0 Å². The number of hydrogen-bond donors (Lipinski definition) is 0. The molecule has 14 heavy (non-hydrogen) atoms. The number of carbonyl (C=O) groups excluding carboxylic acids is 1. The van der Waals surface area contributed by atoms with Crippen LogP contribution < -0.4 is 0 Å². The highest BCUT2D eigenvalue weighted by atomic mass is 19.4. The molecule has 0 radical (unpaired) electrons. The Hall–Kier alpha value is -0.860. The molecule has 0 aliphatic rings. The minimum absolute atomic E-state index is 0.654. The lowest BCUT2D eigenvalue weighted by Crippen LogP contribution is -2.47. The Morgan fingerprint density at radius 3 is 1.64 bits per heavy atom. The van der Waals surface area contributed by atoms with Crippen molar-refractivity contribution < 1.29 is 40.3 Å². The minimum Gasteiger partial charge on any atom is -0.303 e. The van der Waals surface area contributed by atoms with Crippen LogP contribution in [0.25, 0.3) is 0 Å². The normalized spacial score (nSPS) is 17.6. The van der Waals surface area contributed by atoms with E-state index in [1.54, 1.807) is 0 Å². The van der Waals surface area contributed by atoms with Gasteiger partial charge in [-0.1, -0.05) is 0 Å². The van der Waals surface area contributed by atoms with Gasteiger partial charge in [0.05, 0.1) is 6.42 Å². The molecule has 0 amide bonds. The predicted molar refractivity (Wildman–Crippen MR) is 27.7 cm³/mol. The zero-order valence-electron chi connectivity index (χ0n) is 6.25. The Balaban J connectivity index is 4.82. The molecule has 84 valence electrons. The Kier molecular flexibility index (Phi) is 3.49. The molecule has 0 aromatic carbocycles. The second-order valence-corrected chi connectivity index (χ2v) is 2.14. The summed E-state index contributed by atoms with van der Waals surface area (Å²) in [5.74, 6) is -5.02. The molecule has 0 aromatic heterocycles. The van der Waals surface area contributed by atoms with E-state index in [1.165, 1.54) is 0 Å². The predicted octanol–water partition coefficient (Wildman–Crippen LogP) is 2.34. The van der Waals surface area contributed by atoms with Crippen molar-refractivity contribution in [2.75, 3.05) is 0 Å². The third kappa shape index (κ3) is 3.48. The SMILES string of the molecule is O=CC[C@](F)(OC(F)(F)F)C(F)(F)F. The maximum Gasteiger partial charge on any atom is 0.525 e. The van der Waals surface area contributed by atoms with Gasteiger partial charge in [-0.25, -0.2) is 9.13 Å². The molecule has 0 fully saturated rings. The van der Waals surface area contributed by atoms with Crippen molar-refractivity contribution in [3.8, 4) is 0 Å². The monoisotopic (exact) mass is 228 g/mol. The summed E-state index contributed by atoms with van der Waals surface area (Å²) in [6, 6.07) is 0. The van der Waals surface area contributed by atoms with Gasteiger partial charge >= 0.3 is 18.4 Å². The zero-order valence-corrected chi connectivity index (χ0v) is 6.25. The summed E-state index contributed by atoms with van der Waals surface area (Å²) in [6.45, 7) is 0. The van der Waals surface area contributed by atoms with Gasteiger partial charge in [-0.15, -0.1) is 13.2 Å². The first kappa shape index (κ1) is 13.1. The molecule has 9 heteroatoms. The number of aldehydes is 1. The number of ether oxygens (including phenoxy) is 1. The van der Waals surface area contributed by atoms with Crippen LogP contribution in [0.3, 0.4) is 0 Å². The average molecular weight is 228 g/mol. The van der Waals surface area contributed by atoms with Crippen LogP contribution >= 0.6 is 0 Å². The topological polar surface area (TPSA) is 26.3 Å². The van der Waals surface area contributed by atoms with Crippen molar-refractivity contribution in [2.24, 2.45) is 0 Å². The van der Waals surface area contributed by atoms with Crippen molar-refractivity contribution >= 4 is 6.29 Å². The summed E-state index contributed by atoms with van der Waals surface area (Å²) >= 11 is 0. The molecule has 0 unspecified atom stereocenters. The van der Waals surface area contributed by atoms with Gasteiger partial charge in [0.2, 0.25) is 0 Å². The summed E-state index contributed by atoms with van der Waals surface area (Å²) in [4.78, 5) is 9.57. The molecule has 0 saturated heterocycles. The number of hydrogen-bond acceptors (Lipinski definition) is 2. The smallest absolute Gasteiger partial charge is 0.303 e. The van der Waals surface area contributed by atoms with Crippen LogP contribution in [0.15, 0.2) is 0 Å². The number of rotatable bonds is 3. The van der Waals surface area contributed by atoms with Crippen molar-refractivity contribution in [1.29, 1.82) is 0 Å². The van der Waals surface area contributed by atoms with Crippen LogP contribution in [-0.4, -0.2) is 24.7 Å². The van der Waals surface area contributed by atoms with E-state index in [0.29, 0.717) is 0 Å². The molecule has 0 rings (SSSR count). The Labute approximate surface area is 72.6 Å². The number of carbonyl (C=O) groups is 1. The van der Waals surface area contributed by atoms with E-state index in [-0.39, 0.29) is 0 Å². The second kappa shape index (κ2) is 3.71. The molecule has 1 atom stereocenters. The number of alkyl halides is 7. The van der Waals surface area contributed by atoms with E-state index in [1.807, 2.05) is 0 Å². The van der Waals surface area contributed by atoms with Gasteiger partial charge in [-0.2, -0.15) is 13.2 Å². The molecule has 0 heterocycles. The van der Waals surface area contributed by atoms with Crippen LogP contribution in [0.1, 0.15) is 6.42 Å². The van der Waals surface area contributed by atoms with E-state index in [0.717, 1.165) is 0 Å². The summed E-state index contributed by atoms with van der Waals surface area (Å²) in [5, 5.41) is 0. The van der Waals surface area contributed by atoms with Crippen LogP contribution in [-0.2, 0) is 9.53 Å². The van der Waals surface area contributed by atoms with Gasteiger partial charge in [0.25, 0.3) is 0 Å². The average Bonchev–Trinajstić information content (AvgIpc) is 1.79. The van der Waals surface area contributed by atoms with E-state index < -0.39 is 31.1 Å². The van der Waals surface area contributed by atoms with E-state index in [4.69, 9.17) is 0 Å². The van der Waals surface area contributed by atoms with Gasteiger partial charge in [0.1, 0.15) is 6.29 Å². The molecule has 0 N–H and O–H groups in total. The Morgan fingerprint density at radius 1 is 1.00 bits per heavy atom. The third-order valence-electron chi connectivity index (χ3n) is 1.05. The van der Waals surface area contributed by atoms with Crippen molar-refractivity contribution in [2.45, 2.75) is 24.8 Å². The minimum atomic E-state index is -5.93. The Bertz CT molecular complexity index is 207. The first-order chi connectivity index (χ1) is 6.02. The van der Waals surface area contributed by atoms with Crippen molar-refractivity contribution in [1.82, 2.24) is 0 Å². The first-order valence-corrected chi connectivity index (χ1v) is 2.98. The van der Waals surface area contributed by atoms with Crippen LogP contribution in [0, 0.1) is 0 Å². The molecule has 0 bridgehead atoms. The summed E-state index contributed by atoms with van der Waals surface area (Å²) in [7, 11) is 0. The second-order valence-electron chi connectivity index (χ2n) is 2.14. The lowest BCUT2D eigenvalue weighted by atomic mass is 10.2. The fourth-order valence-corrected chi connectivity index (χ4v) is 0.506. The quantitative estimate of drug-likeness (QED) is 0.547. The van der Waals surface area contributed by atoms with Crippen LogP contribution in [0.2, 0.25) is 0 Å². The van der Waals surface area contributed by atoms with E-state index in [9.17, 15) is 35.5 Å². The molecule has 0 saturated carbocycles. The highest BCUT2D eigenvalue weighted by Gasteiger charge is 2.62. The maximum absolute atomic E-state index is 12.5. The van der Waals surface area contributed by atoms with Gasteiger partial charge in [-0.05, 0) is 0 Å². The third-order valence-corrected chi connectivity index (χ3v) is 1.05. The lowest BCUT2D eigenvalue weighted by molar-refractivity contribution is -0.446. The number of halogens is 7. The molecule has 0 aliphatic carbocycles. The van der Waals surface area contributed by atoms with Gasteiger partial charge in [0, 0.05) is 0 Å². The highest BCUT2D eigenvalue weighted by Crippen LogP contribution is 2.41. The van der Waals surface area contributed by atoms with Crippen LogP contribution in [0.4, 0.5) is 30.7 Å². The summed E-state index contributed by atoms with van der Waals surface area (Å²) in [5.41, 5.74) is 0. The summed E-state index contributed by atoms with van der Waals surface area (Å²) in [6.07, 6.45) is -14.5. The largest absolute Gasteiger partial charge is 0.525 e. The molecular weight excluding hydrogens is 225 g/mol. The van der Waals surface area contributed by atoms with Crippen molar-refractivity contribution in [3.05, 3.63) is 0 Å².